The number of nitrogen functional groups attached to an aromatic ring is 1. The van der Waals surface area contributed by atoms with Crippen molar-refractivity contribution in [2.75, 3.05) is 23.4 Å². The molecule has 1 amide bonds. The first kappa shape index (κ1) is 27.3. The second-order valence-corrected chi connectivity index (χ2v) is 11.1. The van der Waals surface area contributed by atoms with Crippen LogP contribution in [-0.2, 0) is 39.3 Å². The predicted octanol–water partition coefficient (Wildman–Crippen LogP) is 1.87. The lowest BCUT2D eigenvalue weighted by molar-refractivity contribution is -0.115. The van der Waals surface area contributed by atoms with Crippen molar-refractivity contribution in [3.8, 4) is 0 Å². The topological polar surface area (TPSA) is 232 Å². The summed E-state index contributed by atoms with van der Waals surface area (Å²) >= 11 is 0. The van der Waals surface area contributed by atoms with Crippen LogP contribution in [0.4, 0.5) is 22.7 Å². The minimum Gasteiger partial charge on any atom is -0.398 e. The highest BCUT2D eigenvalue weighted by atomic mass is 32.3. The summed E-state index contributed by atoms with van der Waals surface area (Å²) in [4.78, 5) is 10.9. The Kier molecular flexibility index (Phi) is 8.45. The molecule has 0 heterocycles. The number of hydrogen-bond donors (Lipinski definition) is 4. The Balaban J connectivity index is 2.32. The fourth-order valence-electron chi connectivity index (χ4n) is 2.43. The maximum atomic E-state index is 12.2. The molecular formula is C17H20N4O10S3. The number of amides is 1. The van der Waals surface area contributed by atoms with Crippen molar-refractivity contribution in [3.05, 3.63) is 36.4 Å². The van der Waals surface area contributed by atoms with E-state index < -0.39 is 53.5 Å². The van der Waals surface area contributed by atoms with E-state index in [1.165, 1.54) is 12.1 Å². The van der Waals surface area contributed by atoms with Crippen molar-refractivity contribution in [1.82, 2.24) is 0 Å². The first-order chi connectivity index (χ1) is 15.6. The number of nitrogens with one attached hydrogen (secondary N) is 1. The summed E-state index contributed by atoms with van der Waals surface area (Å²) in [7, 11) is -13.4. The van der Waals surface area contributed by atoms with Crippen LogP contribution in [-0.4, -0.2) is 52.6 Å². The summed E-state index contributed by atoms with van der Waals surface area (Å²) in [5, 5.41) is 10.2. The van der Waals surface area contributed by atoms with Gasteiger partial charge in [-0.3, -0.25) is 13.9 Å². The van der Waals surface area contributed by atoms with Gasteiger partial charge in [0.05, 0.1) is 34.3 Å². The van der Waals surface area contributed by atoms with Gasteiger partial charge in [-0.25, -0.2) is 12.6 Å². The van der Waals surface area contributed by atoms with Crippen molar-refractivity contribution in [1.29, 1.82) is 0 Å². The number of benzene rings is 2. The molecule has 14 nitrogen and oxygen atoms in total. The van der Waals surface area contributed by atoms with Crippen molar-refractivity contribution in [2.24, 2.45) is 10.2 Å². The van der Waals surface area contributed by atoms with Gasteiger partial charge in [-0.2, -0.15) is 21.9 Å². The quantitative estimate of drug-likeness (QED) is 0.194. The van der Waals surface area contributed by atoms with Gasteiger partial charge in [-0.05, 0) is 36.4 Å². The number of rotatable bonds is 10. The molecule has 0 fully saturated rings. The summed E-state index contributed by atoms with van der Waals surface area (Å²) in [5.74, 6) is -1.15. The number of anilines is 2. The van der Waals surface area contributed by atoms with Crippen LogP contribution < -0.4 is 11.1 Å². The highest BCUT2D eigenvalue weighted by Crippen LogP contribution is 2.34. The molecule has 0 aliphatic heterocycles. The molecule has 0 saturated heterocycles. The summed E-state index contributed by atoms with van der Waals surface area (Å²) < 4.78 is 90.3. The van der Waals surface area contributed by atoms with Gasteiger partial charge in [-0.15, -0.1) is 5.11 Å². The standard InChI is InChI=1S/C17H20N4O10S3/c1-2-17(22)19-14-9-13(18)16(33(25,26)27)10-15(14)21-20-11-3-5-12(6-4-11)32(23,24)8-7-31-34(28,29)30/h3-6,9-10H,2,7-8,18H2,1H3,(H,19,22)(H,25,26,27)(H,28,29,30). The molecule has 0 radical (unpaired) electrons. The molecule has 17 heteroatoms. The lowest BCUT2D eigenvalue weighted by Crippen LogP contribution is -2.15. The molecule has 0 aromatic heterocycles. The number of azo groups is 1. The minimum atomic E-state index is -4.78. The minimum absolute atomic E-state index is 0.0264. The number of carbonyl (C=O) groups is 1. The van der Waals surface area contributed by atoms with Gasteiger partial charge >= 0.3 is 10.4 Å². The molecule has 34 heavy (non-hydrogen) atoms. The molecule has 2 aromatic carbocycles. The largest absolute Gasteiger partial charge is 0.398 e. The Morgan fingerprint density at radius 1 is 1.03 bits per heavy atom. The third kappa shape index (κ3) is 7.82. The van der Waals surface area contributed by atoms with Gasteiger partial charge in [0, 0.05) is 6.42 Å². The second kappa shape index (κ2) is 10.5. The molecule has 0 aliphatic rings. The van der Waals surface area contributed by atoms with Gasteiger partial charge in [0.1, 0.15) is 10.6 Å². The van der Waals surface area contributed by atoms with Gasteiger partial charge in [0.2, 0.25) is 5.91 Å². The number of sulfone groups is 1. The van der Waals surface area contributed by atoms with Crippen molar-refractivity contribution in [3.63, 3.8) is 0 Å². The summed E-state index contributed by atoms with van der Waals surface area (Å²) in [6, 6.07) is 6.83. The molecule has 2 aromatic rings. The number of nitrogens with zero attached hydrogens (tertiary/aromatic N) is 2. The third-order valence-electron chi connectivity index (χ3n) is 4.05. The zero-order chi connectivity index (χ0) is 25.7. The lowest BCUT2D eigenvalue weighted by Gasteiger charge is -2.10. The van der Waals surface area contributed by atoms with E-state index in [1.807, 2.05) is 0 Å². The van der Waals surface area contributed by atoms with E-state index in [-0.39, 0.29) is 34.1 Å². The van der Waals surface area contributed by atoms with Gasteiger partial charge < -0.3 is 11.1 Å². The van der Waals surface area contributed by atoms with E-state index in [9.17, 15) is 34.6 Å². The molecule has 0 bridgehead atoms. The zero-order valence-electron chi connectivity index (χ0n) is 17.4. The molecule has 5 N–H and O–H groups in total. The number of carbonyl (C=O) groups excluding carboxylic acids is 1. The SMILES string of the molecule is CCC(=O)Nc1cc(N)c(S(=O)(=O)O)cc1N=Nc1ccc(S(=O)(=O)CCOS(=O)(=O)O)cc1. The van der Waals surface area contributed by atoms with Crippen LogP contribution in [0.15, 0.2) is 56.4 Å². The molecule has 0 saturated carbocycles. The fraction of sp³-hybridized carbons (Fsp3) is 0.235. The van der Waals surface area contributed by atoms with Crippen LogP contribution in [0.25, 0.3) is 0 Å². The van der Waals surface area contributed by atoms with Crippen LogP contribution in [0.2, 0.25) is 0 Å². The maximum absolute atomic E-state index is 12.2. The summed E-state index contributed by atoms with van der Waals surface area (Å²) in [6.45, 7) is 0.791. The van der Waals surface area contributed by atoms with E-state index in [2.05, 4.69) is 19.7 Å². The fourth-order valence-corrected chi connectivity index (χ4v) is 4.54. The highest BCUT2D eigenvalue weighted by molar-refractivity contribution is 7.91. The molecule has 2 rings (SSSR count). The Morgan fingerprint density at radius 3 is 2.18 bits per heavy atom. The van der Waals surface area contributed by atoms with E-state index in [0.717, 1.165) is 24.3 Å². The van der Waals surface area contributed by atoms with Crippen LogP contribution >= 0.6 is 0 Å². The van der Waals surface area contributed by atoms with Crippen molar-refractivity contribution in [2.45, 2.75) is 23.1 Å². The Hall–Kier alpha value is -2.96. The Bertz CT molecular complexity index is 1420. The number of nitrogens with two attached hydrogens (primary N) is 1. The molecule has 0 atom stereocenters. The second-order valence-electron chi connectivity index (χ2n) is 6.55. The smallest absolute Gasteiger partial charge is 0.397 e. The van der Waals surface area contributed by atoms with Crippen molar-refractivity contribution < 1.29 is 43.3 Å². The third-order valence-corrected chi connectivity index (χ3v) is 7.12. The number of hydrogen-bond acceptors (Lipinski definition) is 11. The molecule has 0 aliphatic carbocycles. The Morgan fingerprint density at radius 2 is 1.65 bits per heavy atom. The molecule has 0 unspecified atom stereocenters. The average Bonchev–Trinajstić information content (AvgIpc) is 2.71. The lowest BCUT2D eigenvalue weighted by atomic mass is 10.2. The van der Waals surface area contributed by atoms with E-state index >= 15 is 0 Å². The molecule has 0 spiro atoms. The van der Waals surface area contributed by atoms with E-state index in [1.54, 1.807) is 6.92 Å². The first-order valence-corrected chi connectivity index (χ1v) is 13.7. The van der Waals surface area contributed by atoms with Crippen LogP contribution in [0, 0.1) is 0 Å². The van der Waals surface area contributed by atoms with Crippen LogP contribution in [0.5, 0.6) is 0 Å². The normalized spacial score (nSPS) is 12.7. The van der Waals surface area contributed by atoms with Gasteiger partial charge in [0.25, 0.3) is 10.1 Å². The predicted molar refractivity (Wildman–Crippen MR) is 120 cm³/mol. The first-order valence-electron chi connectivity index (χ1n) is 9.19. The van der Waals surface area contributed by atoms with Crippen LogP contribution in [0.3, 0.4) is 0 Å². The molecule has 186 valence electrons. The summed E-state index contributed by atoms with van der Waals surface area (Å²) in [5.41, 5.74) is 5.31. The highest BCUT2D eigenvalue weighted by Gasteiger charge is 2.19. The molecular weight excluding hydrogens is 516 g/mol. The zero-order valence-corrected chi connectivity index (χ0v) is 19.9. The monoisotopic (exact) mass is 536 g/mol. The van der Waals surface area contributed by atoms with Crippen molar-refractivity contribution >= 4 is 59.0 Å². The van der Waals surface area contributed by atoms with E-state index in [0.29, 0.717) is 0 Å². The van der Waals surface area contributed by atoms with Gasteiger partial charge in [0.15, 0.2) is 9.84 Å². The Labute approximate surface area is 195 Å². The average molecular weight is 537 g/mol. The maximum Gasteiger partial charge on any atom is 0.397 e. The van der Waals surface area contributed by atoms with Crippen LogP contribution in [0.1, 0.15) is 13.3 Å². The van der Waals surface area contributed by atoms with Gasteiger partial charge in [-0.1, -0.05) is 6.92 Å². The summed E-state index contributed by atoms with van der Waals surface area (Å²) in [6.07, 6.45) is 0.0990. The van der Waals surface area contributed by atoms with E-state index in [4.69, 9.17) is 10.3 Å².